The number of hydrogen-bond donors (Lipinski definition) is 0. The summed E-state index contributed by atoms with van der Waals surface area (Å²) in [5.41, 5.74) is 1.53. The Kier molecular flexibility index (Phi) is 6.20. The molecule has 0 unspecified atom stereocenters. The zero-order valence-electron chi connectivity index (χ0n) is 16.4. The Bertz CT molecular complexity index is 1160. The molecule has 6 nitrogen and oxygen atoms in total. The van der Waals surface area contributed by atoms with E-state index in [0.29, 0.717) is 21.1 Å². The fraction of sp³-hybridized carbons (Fsp3) is 0.0870. The Morgan fingerprint density at radius 3 is 2.55 bits per heavy atom. The zero-order valence-corrected chi connectivity index (χ0v) is 18.1. The maximum Gasteiger partial charge on any atom is 0.353 e. The highest BCUT2D eigenvalue weighted by Gasteiger charge is 2.35. The number of ether oxygens (including phenoxy) is 2. The van der Waals surface area contributed by atoms with Gasteiger partial charge in [0, 0.05) is 0 Å². The first kappa shape index (κ1) is 20.9. The van der Waals surface area contributed by atoms with E-state index in [0.717, 1.165) is 17.3 Å². The van der Waals surface area contributed by atoms with Gasteiger partial charge in [-0.05, 0) is 52.5 Å². The topological polar surface area (TPSA) is 72.9 Å². The highest BCUT2D eigenvalue weighted by Crippen LogP contribution is 2.35. The van der Waals surface area contributed by atoms with E-state index in [9.17, 15) is 14.4 Å². The molecule has 1 aliphatic rings. The molecule has 1 aliphatic heterocycles. The molecule has 1 fully saturated rings. The molecular formula is C23H17NO5S2. The van der Waals surface area contributed by atoms with Crippen molar-refractivity contribution in [2.75, 3.05) is 7.11 Å². The standard InChI is InChI=1S/C23H17NO5S2/c1-28-18-12-16(9-10-17(18)29-22(26)19-8-5-11-30-19)13-20-21(25)24(23(27)31-20)14-15-6-3-2-4-7-15/h2-13H,14H2,1H3/b20-13-. The van der Waals surface area contributed by atoms with Gasteiger partial charge in [0.25, 0.3) is 11.1 Å². The van der Waals surface area contributed by atoms with E-state index in [1.807, 2.05) is 30.3 Å². The molecule has 0 radical (unpaired) electrons. The van der Waals surface area contributed by atoms with Gasteiger partial charge in [-0.15, -0.1) is 11.3 Å². The molecule has 8 heteroatoms. The number of thioether (sulfide) groups is 1. The Labute approximate surface area is 187 Å². The van der Waals surface area contributed by atoms with Crippen molar-refractivity contribution in [3.05, 3.63) is 87.0 Å². The molecule has 0 saturated carbocycles. The smallest absolute Gasteiger partial charge is 0.353 e. The predicted octanol–water partition coefficient (Wildman–Crippen LogP) is 5.21. The quantitative estimate of drug-likeness (QED) is 0.291. The lowest BCUT2D eigenvalue weighted by Gasteiger charge is -2.12. The number of hydrogen-bond acceptors (Lipinski definition) is 7. The van der Waals surface area contributed by atoms with Gasteiger partial charge in [0.2, 0.25) is 0 Å². The first-order valence-corrected chi connectivity index (χ1v) is 11.0. The monoisotopic (exact) mass is 451 g/mol. The summed E-state index contributed by atoms with van der Waals surface area (Å²) < 4.78 is 10.8. The van der Waals surface area contributed by atoms with E-state index in [1.165, 1.54) is 23.3 Å². The number of thiophene rings is 1. The minimum absolute atomic E-state index is 0.226. The van der Waals surface area contributed by atoms with Crippen molar-refractivity contribution in [3.63, 3.8) is 0 Å². The van der Waals surface area contributed by atoms with E-state index in [2.05, 4.69) is 0 Å². The summed E-state index contributed by atoms with van der Waals surface area (Å²) >= 11 is 2.18. The van der Waals surface area contributed by atoms with Crippen LogP contribution in [0.2, 0.25) is 0 Å². The largest absolute Gasteiger partial charge is 0.493 e. The molecule has 2 aromatic carbocycles. The van der Waals surface area contributed by atoms with Crippen molar-refractivity contribution < 1.29 is 23.9 Å². The Morgan fingerprint density at radius 2 is 1.84 bits per heavy atom. The van der Waals surface area contributed by atoms with Crippen molar-refractivity contribution in [1.82, 2.24) is 4.90 Å². The van der Waals surface area contributed by atoms with E-state index < -0.39 is 5.97 Å². The molecular weight excluding hydrogens is 434 g/mol. The molecule has 0 atom stereocenters. The van der Waals surface area contributed by atoms with E-state index in [-0.39, 0.29) is 23.4 Å². The van der Waals surface area contributed by atoms with Crippen LogP contribution in [0.5, 0.6) is 11.5 Å². The molecule has 31 heavy (non-hydrogen) atoms. The number of esters is 1. The minimum atomic E-state index is -0.469. The highest BCUT2D eigenvalue weighted by atomic mass is 32.2. The van der Waals surface area contributed by atoms with Gasteiger partial charge in [0.1, 0.15) is 4.88 Å². The lowest BCUT2D eigenvalue weighted by Crippen LogP contribution is -2.27. The van der Waals surface area contributed by atoms with Crippen molar-refractivity contribution in [2.45, 2.75) is 6.54 Å². The molecule has 156 valence electrons. The molecule has 0 spiro atoms. The lowest BCUT2D eigenvalue weighted by atomic mass is 10.1. The van der Waals surface area contributed by atoms with Crippen molar-refractivity contribution in [1.29, 1.82) is 0 Å². The Morgan fingerprint density at radius 1 is 1.03 bits per heavy atom. The van der Waals surface area contributed by atoms with Crippen LogP contribution in [0.3, 0.4) is 0 Å². The molecule has 1 aromatic heterocycles. The maximum absolute atomic E-state index is 12.7. The van der Waals surface area contributed by atoms with Gasteiger partial charge >= 0.3 is 5.97 Å². The second-order valence-corrected chi connectivity index (χ2v) is 8.47. The highest BCUT2D eigenvalue weighted by molar-refractivity contribution is 8.18. The molecule has 4 rings (SSSR count). The number of rotatable bonds is 6. The average molecular weight is 452 g/mol. The number of benzene rings is 2. The van der Waals surface area contributed by atoms with Crippen molar-refractivity contribution >= 4 is 46.3 Å². The molecule has 2 amide bonds. The van der Waals surface area contributed by atoms with Crippen LogP contribution >= 0.6 is 23.1 Å². The van der Waals surface area contributed by atoms with Crippen LogP contribution in [0.25, 0.3) is 6.08 Å². The third kappa shape index (κ3) is 4.70. The third-order valence-corrected chi connectivity index (χ3v) is 6.22. The van der Waals surface area contributed by atoms with Crippen LogP contribution in [0.4, 0.5) is 4.79 Å². The first-order valence-electron chi connectivity index (χ1n) is 9.28. The van der Waals surface area contributed by atoms with E-state index >= 15 is 0 Å². The first-order chi connectivity index (χ1) is 15.0. The number of nitrogens with zero attached hydrogens (tertiary/aromatic N) is 1. The molecule has 0 N–H and O–H groups in total. The van der Waals surface area contributed by atoms with Gasteiger partial charge in [0.05, 0.1) is 18.6 Å². The van der Waals surface area contributed by atoms with Crippen LogP contribution in [-0.2, 0) is 11.3 Å². The number of carbonyl (C=O) groups is 3. The van der Waals surface area contributed by atoms with Crippen LogP contribution in [0, 0.1) is 0 Å². The molecule has 0 aliphatic carbocycles. The fourth-order valence-electron chi connectivity index (χ4n) is 2.96. The lowest BCUT2D eigenvalue weighted by molar-refractivity contribution is -0.123. The summed E-state index contributed by atoms with van der Waals surface area (Å²) in [5, 5.41) is 1.48. The number of carbonyl (C=O) groups excluding carboxylic acids is 3. The summed E-state index contributed by atoms with van der Waals surface area (Å²) in [5.74, 6) is -0.188. The second kappa shape index (κ2) is 9.20. The van der Waals surface area contributed by atoms with E-state index in [4.69, 9.17) is 9.47 Å². The zero-order chi connectivity index (χ0) is 21.8. The van der Waals surface area contributed by atoms with Gasteiger partial charge in [-0.25, -0.2) is 4.79 Å². The van der Waals surface area contributed by atoms with Gasteiger partial charge in [0.15, 0.2) is 11.5 Å². The third-order valence-electron chi connectivity index (χ3n) is 4.47. The SMILES string of the molecule is COc1cc(/C=C2\SC(=O)N(Cc3ccccc3)C2=O)ccc1OC(=O)c1cccs1. The van der Waals surface area contributed by atoms with Crippen LogP contribution in [-0.4, -0.2) is 29.1 Å². The molecule has 0 bridgehead atoms. The van der Waals surface area contributed by atoms with Crippen molar-refractivity contribution in [2.24, 2.45) is 0 Å². The predicted molar refractivity (Wildman–Crippen MR) is 120 cm³/mol. The fourth-order valence-corrected chi connectivity index (χ4v) is 4.39. The average Bonchev–Trinajstić information content (AvgIpc) is 3.41. The van der Waals surface area contributed by atoms with Crippen LogP contribution in [0.1, 0.15) is 20.8 Å². The summed E-state index contributed by atoms with van der Waals surface area (Å²) in [7, 11) is 1.47. The Balaban J connectivity index is 1.52. The number of methoxy groups -OCH3 is 1. The normalized spacial score (nSPS) is 14.9. The van der Waals surface area contributed by atoms with Crippen LogP contribution < -0.4 is 9.47 Å². The van der Waals surface area contributed by atoms with E-state index in [1.54, 1.807) is 41.8 Å². The summed E-state index contributed by atoms with van der Waals surface area (Å²) in [4.78, 5) is 39.3. The molecule has 3 aromatic rings. The second-order valence-electron chi connectivity index (χ2n) is 6.53. The summed E-state index contributed by atoms with van der Waals surface area (Å²) in [6.07, 6.45) is 1.63. The summed E-state index contributed by atoms with van der Waals surface area (Å²) in [6, 6.07) is 17.8. The number of amides is 2. The molecule has 1 saturated heterocycles. The van der Waals surface area contributed by atoms with Gasteiger partial charge in [-0.3, -0.25) is 14.5 Å². The maximum atomic E-state index is 12.7. The summed E-state index contributed by atoms with van der Waals surface area (Å²) in [6.45, 7) is 0.226. The Hall–Kier alpha value is -3.36. The van der Waals surface area contributed by atoms with Crippen LogP contribution in [0.15, 0.2) is 70.9 Å². The minimum Gasteiger partial charge on any atom is -0.493 e. The molecule has 2 heterocycles. The number of imide groups is 1. The van der Waals surface area contributed by atoms with Gasteiger partial charge in [-0.2, -0.15) is 0 Å². The van der Waals surface area contributed by atoms with Gasteiger partial charge < -0.3 is 9.47 Å². The van der Waals surface area contributed by atoms with Gasteiger partial charge in [-0.1, -0.05) is 42.5 Å². The van der Waals surface area contributed by atoms with Crippen molar-refractivity contribution in [3.8, 4) is 11.5 Å².